The zero-order valence-electron chi connectivity index (χ0n) is 35.3. The average Bonchev–Trinajstić information content (AvgIpc) is 3.93. The van der Waals surface area contributed by atoms with E-state index in [1.165, 1.54) is 14.2 Å². The molecule has 2 aromatic heterocycles. The van der Waals surface area contributed by atoms with Gasteiger partial charge in [0, 0.05) is 22.7 Å². The van der Waals surface area contributed by atoms with Crippen LogP contribution in [0.25, 0.3) is 28.6 Å². The van der Waals surface area contributed by atoms with Crippen molar-refractivity contribution in [2.45, 2.75) is 24.4 Å². The number of rotatable bonds is 9. The van der Waals surface area contributed by atoms with Gasteiger partial charge in [0.2, 0.25) is 23.5 Å². The molecule has 4 amide bonds. The normalized spacial score (nSPS) is 23.7. The number of nitrogens with one attached hydrogen (secondary N) is 1. The number of hydrazine groups is 1. The lowest BCUT2D eigenvalue weighted by Crippen LogP contribution is -2.54. The zero-order valence-corrected chi connectivity index (χ0v) is 36.8. The van der Waals surface area contributed by atoms with Crippen LogP contribution in [0.15, 0.2) is 119 Å². The average molecular weight is 951 g/mol. The Morgan fingerprint density at radius 2 is 1.60 bits per heavy atom. The van der Waals surface area contributed by atoms with Crippen molar-refractivity contribution in [1.29, 1.82) is 0 Å². The number of alkyl halides is 3. The van der Waals surface area contributed by atoms with Crippen LogP contribution in [-0.2, 0) is 30.8 Å². The number of nitrogens with zero attached hydrogens (tertiary/aromatic N) is 4. The third-order valence-corrected chi connectivity index (χ3v) is 13.8. The van der Waals surface area contributed by atoms with Crippen LogP contribution in [0, 0.1) is 29.6 Å². The molecule has 6 unspecified atom stereocenters. The first-order chi connectivity index (χ1) is 32.1. The van der Waals surface area contributed by atoms with Gasteiger partial charge in [-0.25, -0.2) is 9.97 Å². The lowest BCUT2D eigenvalue weighted by atomic mass is 9.50. The first-order valence-corrected chi connectivity index (χ1v) is 21.7. The molecule has 6 atom stereocenters. The van der Waals surface area contributed by atoms with Crippen LogP contribution in [-0.4, -0.2) is 57.9 Å². The van der Waals surface area contributed by atoms with E-state index in [0.29, 0.717) is 62.2 Å². The minimum atomic E-state index is -4.78. The highest BCUT2D eigenvalue weighted by Crippen LogP contribution is 2.62. The van der Waals surface area contributed by atoms with Gasteiger partial charge in [-0.2, -0.15) is 18.2 Å². The van der Waals surface area contributed by atoms with Crippen molar-refractivity contribution < 1.29 is 51.3 Å². The van der Waals surface area contributed by atoms with Crippen LogP contribution in [0.2, 0.25) is 10.0 Å². The van der Waals surface area contributed by atoms with Crippen LogP contribution in [0.4, 0.5) is 24.7 Å². The number of ether oxygens (including phenoxy) is 2. The summed E-state index contributed by atoms with van der Waals surface area (Å²) in [6.07, 6.45) is 1.06. The maximum absolute atomic E-state index is 15.5. The molecule has 18 heteroatoms. The summed E-state index contributed by atoms with van der Waals surface area (Å²) in [4.78, 5) is 69.4. The molecular formula is C49H36Cl2F3N5O8. The molecule has 6 aromatic rings. The van der Waals surface area contributed by atoms with Gasteiger partial charge in [-0.15, -0.1) is 0 Å². The number of aromatic nitrogens is 2. The SMILES string of the molecule is COc1cc(C=CC2C3=CCC4C(=O)N(c5ccc(-c6nc7ccccc7o6)cc5)C(=O)C4C3CC3C(=O)N(Nc4ncc(C(F)(F)F)cc4Cl)C(=O)C23c2ccc(Cl)cc2)cc(OC)c1O. The van der Waals surface area contributed by atoms with Gasteiger partial charge >= 0.3 is 6.18 Å². The molecule has 2 saturated heterocycles. The Labute approximate surface area is 389 Å². The van der Waals surface area contributed by atoms with Crippen molar-refractivity contribution in [3.63, 3.8) is 0 Å². The third-order valence-electron chi connectivity index (χ3n) is 13.3. The second-order valence-electron chi connectivity index (χ2n) is 16.6. The molecule has 10 rings (SSSR count). The molecule has 67 heavy (non-hydrogen) atoms. The molecule has 0 bridgehead atoms. The lowest BCUT2D eigenvalue weighted by Gasteiger charge is -2.49. The summed E-state index contributed by atoms with van der Waals surface area (Å²) in [6, 6.07) is 24.2. The number of benzene rings is 4. The summed E-state index contributed by atoms with van der Waals surface area (Å²) in [5, 5.41) is 11.3. The number of phenolic OH excluding ortho intramolecular Hbond substituents is 1. The molecular weight excluding hydrogens is 914 g/mol. The molecule has 0 radical (unpaired) electrons. The number of phenols is 1. The number of halogens is 5. The lowest BCUT2D eigenvalue weighted by molar-refractivity contribution is -0.139. The number of para-hydroxylation sites is 2. The maximum Gasteiger partial charge on any atom is 0.417 e. The monoisotopic (exact) mass is 949 g/mol. The Balaban J connectivity index is 1.08. The van der Waals surface area contributed by atoms with E-state index in [9.17, 15) is 27.9 Å². The fourth-order valence-electron chi connectivity index (χ4n) is 10.2. The standard InChI is InChI=1S/C49H36Cl2F3N5O8/c1-65-38-19-24(20-39(66-2)41(38)60)7-18-33-30-16-17-31-40(46(63)58(44(31)61)29-14-8-25(9-15-29)43-56-36-5-3-4-6-37(36)67-43)32(30)22-34-45(62)59(47(64)48(33,34)26-10-12-28(50)13-11-26)57-42-35(51)21-27(23-55-42)49(52,53)54/h3-16,18-21,23,31-34,40,60H,17,22H2,1-2H3,(H,55,57). The van der Waals surface area contributed by atoms with E-state index in [2.05, 4.69) is 15.4 Å². The van der Waals surface area contributed by atoms with Crippen molar-refractivity contribution in [3.05, 3.63) is 142 Å². The summed E-state index contributed by atoms with van der Waals surface area (Å²) < 4.78 is 57.6. The molecule has 2 N–H and O–H groups in total. The van der Waals surface area contributed by atoms with Gasteiger partial charge < -0.3 is 19.0 Å². The largest absolute Gasteiger partial charge is 0.502 e. The molecule has 2 aliphatic carbocycles. The van der Waals surface area contributed by atoms with Gasteiger partial charge in [-0.3, -0.25) is 29.5 Å². The van der Waals surface area contributed by atoms with E-state index < -0.39 is 75.4 Å². The highest BCUT2D eigenvalue weighted by atomic mass is 35.5. The van der Waals surface area contributed by atoms with Crippen LogP contribution in [0.5, 0.6) is 17.2 Å². The van der Waals surface area contributed by atoms with E-state index in [1.807, 2.05) is 24.3 Å². The van der Waals surface area contributed by atoms with E-state index in [4.69, 9.17) is 37.1 Å². The summed E-state index contributed by atoms with van der Waals surface area (Å²) in [5.74, 6) is -7.31. The molecule has 4 aromatic carbocycles. The smallest absolute Gasteiger partial charge is 0.417 e. The Bertz CT molecular complexity index is 3050. The van der Waals surface area contributed by atoms with Gasteiger partial charge in [-0.1, -0.05) is 71.3 Å². The fraction of sp³-hybridized carbons (Fsp3) is 0.224. The van der Waals surface area contributed by atoms with E-state index in [0.717, 1.165) is 9.91 Å². The van der Waals surface area contributed by atoms with Gasteiger partial charge in [0.15, 0.2) is 22.9 Å². The van der Waals surface area contributed by atoms with Crippen LogP contribution in [0.3, 0.4) is 0 Å². The highest BCUT2D eigenvalue weighted by Gasteiger charge is 2.69. The minimum absolute atomic E-state index is 0.0821. The molecule has 1 saturated carbocycles. The molecule has 4 aliphatic rings. The number of carbonyl (C=O) groups is 4. The molecule has 13 nitrogen and oxygen atoms in total. The highest BCUT2D eigenvalue weighted by molar-refractivity contribution is 6.33. The predicted octanol–water partition coefficient (Wildman–Crippen LogP) is 9.67. The molecule has 2 aliphatic heterocycles. The van der Waals surface area contributed by atoms with E-state index >= 15 is 9.59 Å². The quantitative estimate of drug-likeness (QED) is 0.105. The third kappa shape index (κ3) is 6.99. The molecule has 3 fully saturated rings. The topological polar surface area (TPSA) is 164 Å². The number of hydrogen-bond acceptors (Lipinski definition) is 11. The van der Waals surface area contributed by atoms with Crippen LogP contribution >= 0.6 is 23.2 Å². The first-order valence-electron chi connectivity index (χ1n) is 20.9. The molecule has 0 spiro atoms. The number of fused-ring (bicyclic) bond motifs is 5. The summed E-state index contributed by atoms with van der Waals surface area (Å²) in [7, 11) is 2.74. The number of imide groups is 2. The number of pyridine rings is 1. The number of carbonyl (C=O) groups excluding carboxylic acids is 4. The Hall–Kier alpha value is -7.17. The first kappa shape index (κ1) is 43.7. The summed E-state index contributed by atoms with van der Waals surface area (Å²) >= 11 is 12.7. The fourth-order valence-corrected chi connectivity index (χ4v) is 10.6. The Morgan fingerprint density at radius 3 is 2.25 bits per heavy atom. The molecule has 4 heterocycles. The second-order valence-corrected chi connectivity index (χ2v) is 17.5. The number of anilines is 2. The Kier molecular flexibility index (Phi) is 10.6. The van der Waals surface area contributed by atoms with Gasteiger partial charge in [0.05, 0.1) is 53.7 Å². The predicted molar refractivity (Wildman–Crippen MR) is 240 cm³/mol. The van der Waals surface area contributed by atoms with Crippen molar-refractivity contribution in [3.8, 4) is 28.7 Å². The second kappa shape index (κ2) is 16.3. The zero-order chi connectivity index (χ0) is 47.1. The van der Waals surface area contributed by atoms with Crippen molar-refractivity contribution in [2.75, 3.05) is 24.5 Å². The summed E-state index contributed by atoms with van der Waals surface area (Å²) in [6.45, 7) is 0. The van der Waals surface area contributed by atoms with Gasteiger partial charge in [0.25, 0.3) is 11.8 Å². The van der Waals surface area contributed by atoms with Gasteiger partial charge in [0.1, 0.15) is 5.52 Å². The number of hydrogen-bond donors (Lipinski definition) is 2. The van der Waals surface area contributed by atoms with Crippen LogP contribution in [0.1, 0.15) is 29.5 Å². The van der Waals surface area contributed by atoms with Crippen molar-refractivity contribution in [1.82, 2.24) is 15.0 Å². The van der Waals surface area contributed by atoms with Crippen LogP contribution < -0.4 is 19.8 Å². The summed E-state index contributed by atoms with van der Waals surface area (Å²) in [5.41, 5.74) is 3.40. The van der Waals surface area contributed by atoms with E-state index in [1.54, 1.807) is 78.9 Å². The minimum Gasteiger partial charge on any atom is -0.502 e. The maximum atomic E-state index is 15.5. The van der Waals surface area contributed by atoms with Crippen molar-refractivity contribution in [2.24, 2.45) is 29.6 Å². The van der Waals surface area contributed by atoms with Gasteiger partial charge in [-0.05, 0) is 96.6 Å². The molecule has 340 valence electrons. The van der Waals surface area contributed by atoms with Crippen molar-refractivity contribution >= 4 is 75.5 Å². The number of oxazole rings is 1. The number of aromatic hydroxyl groups is 1. The number of allylic oxidation sites excluding steroid dienone is 3. The number of amides is 4. The number of methoxy groups -OCH3 is 2. The van der Waals surface area contributed by atoms with E-state index in [-0.39, 0.29) is 35.9 Å². The Morgan fingerprint density at radius 1 is 0.896 bits per heavy atom.